The van der Waals surface area contributed by atoms with Gasteiger partial charge in [-0.2, -0.15) is 0 Å². The van der Waals surface area contributed by atoms with Crippen molar-refractivity contribution in [3.63, 3.8) is 0 Å². The van der Waals surface area contributed by atoms with E-state index in [0.717, 1.165) is 11.1 Å². The topological polar surface area (TPSA) is 32.3 Å². The van der Waals surface area contributed by atoms with Crippen molar-refractivity contribution in [3.8, 4) is 0 Å². The highest BCUT2D eigenvalue weighted by molar-refractivity contribution is 6.35. The highest BCUT2D eigenvalue weighted by Gasteiger charge is 2.13. The van der Waals surface area contributed by atoms with Gasteiger partial charge in [-0.05, 0) is 35.7 Å². The van der Waals surface area contributed by atoms with E-state index in [0.29, 0.717) is 17.1 Å². The van der Waals surface area contributed by atoms with Crippen molar-refractivity contribution in [1.29, 1.82) is 0 Å². The second-order valence-electron chi connectivity index (χ2n) is 4.87. The molecule has 2 aromatic rings. The van der Waals surface area contributed by atoms with E-state index in [1.54, 1.807) is 0 Å². The lowest BCUT2D eigenvalue weighted by Gasteiger charge is -2.16. The molecule has 0 aliphatic heterocycles. The van der Waals surface area contributed by atoms with Gasteiger partial charge in [-0.1, -0.05) is 47.5 Å². The molecule has 0 aliphatic rings. The van der Waals surface area contributed by atoms with Gasteiger partial charge < -0.3 is 10.4 Å². The average molecular weight is 328 g/mol. The van der Waals surface area contributed by atoms with Crippen LogP contribution in [0.25, 0.3) is 0 Å². The number of nitrogens with one attached hydrogen (secondary N) is 1. The van der Waals surface area contributed by atoms with Crippen LogP contribution in [-0.2, 0) is 13.2 Å². The lowest BCUT2D eigenvalue weighted by molar-refractivity contribution is 0.281. The molecule has 2 aromatic carbocycles. The summed E-state index contributed by atoms with van der Waals surface area (Å²) in [7, 11) is 0. The third-order valence-electron chi connectivity index (χ3n) is 3.29. The van der Waals surface area contributed by atoms with Crippen molar-refractivity contribution in [1.82, 2.24) is 5.32 Å². The van der Waals surface area contributed by atoms with E-state index in [4.69, 9.17) is 28.3 Å². The molecule has 0 saturated carbocycles. The van der Waals surface area contributed by atoms with Crippen molar-refractivity contribution in [3.05, 3.63) is 69.0 Å². The zero-order chi connectivity index (χ0) is 15.4. The largest absolute Gasteiger partial charge is 0.392 e. The van der Waals surface area contributed by atoms with Crippen LogP contribution in [0.1, 0.15) is 29.7 Å². The first kappa shape index (κ1) is 16.2. The summed E-state index contributed by atoms with van der Waals surface area (Å²) in [5, 5.41) is 12.9. The molecule has 0 radical (unpaired) electrons. The van der Waals surface area contributed by atoms with Crippen LogP contribution in [0.5, 0.6) is 0 Å². The monoisotopic (exact) mass is 327 g/mol. The van der Waals surface area contributed by atoms with Crippen LogP contribution < -0.4 is 5.32 Å². The second-order valence-corrected chi connectivity index (χ2v) is 5.68. The minimum Gasteiger partial charge on any atom is -0.392 e. The molecule has 5 heteroatoms. The summed E-state index contributed by atoms with van der Waals surface area (Å²) in [6.45, 7) is 2.51. The third-order valence-corrected chi connectivity index (χ3v) is 3.91. The van der Waals surface area contributed by atoms with Crippen LogP contribution in [0.2, 0.25) is 10.0 Å². The maximum atomic E-state index is 13.5. The molecule has 1 unspecified atom stereocenters. The Bertz CT molecular complexity index is 634. The molecular formula is C16H16Cl2FNO. The van der Waals surface area contributed by atoms with Gasteiger partial charge in [0.05, 0.1) is 11.6 Å². The summed E-state index contributed by atoms with van der Waals surface area (Å²) in [4.78, 5) is 0. The zero-order valence-corrected chi connectivity index (χ0v) is 13.0. The van der Waals surface area contributed by atoms with Gasteiger partial charge in [0.2, 0.25) is 0 Å². The zero-order valence-electron chi connectivity index (χ0n) is 11.5. The van der Waals surface area contributed by atoms with E-state index < -0.39 is 5.82 Å². The van der Waals surface area contributed by atoms with Crippen LogP contribution in [-0.4, -0.2) is 5.11 Å². The normalized spacial score (nSPS) is 12.4. The van der Waals surface area contributed by atoms with Crippen molar-refractivity contribution in [2.24, 2.45) is 0 Å². The number of aliphatic hydroxyl groups excluding tert-OH is 1. The van der Waals surface area contributed by atoms with Gasteiger partial charge in [-0.25, -0.2) is 4.39 Å². The molecular weight excluding hydrogens is 312 g/mol. The highest BCUT2D eigenvalue weighted by Crippen LogP contribution is 2.28. The number of rotatable bonds is 5. The summed E-state index contributed by atoms with van der Waals surface area (Å²) < 4.78 is 13.5. The summed E-state index contributed by atoms with van der Waals surface area (Å²) in [5.74, 6) is -0.480. The smallest absolute Gasteiger partial charge is 0.142 e. The summed E-state index contributed by atoms with van der Waals surface area (Å²) >= 11 is 11.8. The molecule has 0 aromatic heterocycles. The fourth-order valence-corrected chi connectivity index (χ4v) is 2.64. The lowest BCUT2D eigenvalue weighted by Crippen LogP contribution is -2.18. The molecule has 21 heavy (non-hydrogen) atoms. The predicted molar refractivity (Wildman–Crippen MR) is 84.0 cm³/mol. The Morgan fingerprint density at radius 1 is 1.14 bits per heavy atom. The predicted octanol–water partition coefficient (Wildman–Crippen LogP) is 4.48. The Labute approximate surface area is 133 Å². The molecule has 112 valence electrons. The van der Waals surface area contributed by atoms with E-state index in [9.17, 15) is 4.39 Å². The molecule has 0 fully saturated rings. The van der Waals surface area contributed by atoms with Gasteiger partial charge >= 0.3 is 0 Å². The molecule has 0 spiro atoms. The maximum absolute atomic E-state index is 13.5. The Morgan fingerprint density at radius 3 is 2.57 bits per heavy atom. The van der Waals surface area contributed by atoms with Crippen LogP contribution in [0, 0.1) is 5.82 Å². The van der Waals surface area contributed by atoms with E-state index >= 15 is 0 Å². The van der Waals surface area contributed by atoms with E-state index in [1.165, 1.54) is 12.1 Å². The number of benzene rings is 2. The van der Waals surface area contributed by atoms with Crippen molar-refractivity contribution >= 4 is 23.2 Å². The fraction of sp³-hybridized carbons (Fsp3) is 0.250. The number of halogens is 3. The van der Waals surface area contributed by atoms with Gasteiger partial charge in [0.25, 0.3) is 0 Å². The van der Waals surface area contributed by atoms with Crippen molar-refractivity contribution in [2.75, 3.05) is 0 Å². The SMILES string of the molecule is CC(NCc1cccc(CO)c1)c1cc(F)c(Cl)cc1Cl. The Balaban J connectivity index is 2.07. The molecule has 1 atom stereocenters. The van der Waals surface area contributed by atoms with Gasteiger partial charge in [-0.15, -0.1) is 0 Å². The molecule has 2 N–H and O–H groups in total. The molecule has 0 saturated heterocycles. The summed E-state index contributed by atoms with van der Waals surface area (Å²) in [6, 6.07) is 10.3. The number of hydrogen-bond acceptors (Lipinski definition) is 2. The van der Waals surface area contributed by atoms with Crippen LogP contribution in [0.4, 0.5) is 4.39 Å². The minimum atomic E-state index is -0.480. The minimum absolute atomic E-state index is 0.0115. The average Bonchev–Trinajstić information content (AvgIpc) is 2.48. The Morgan fingerprint density at radius 2 is 1.86 bits per heavy atom. The highest BCUT2D eigenvalue weighted by atomic mass is 35.5. The quantitative estimate of drug-likeness (QED) is 0.794. The Kier molecular flexibility index (Phi) is 5.59. The first-order chi connectivity index (χ1) is 10.0. The molecule has 0 bridgehead atoms. The number of aliphatic hydroxyl groups is 1. The van der Waals surface area contributed by atoms with E-state index in [1.807, 2.05) is 31.2 Å². The summed E-state index contributed by atoms with van der Waals surface area (Å²) in [5.41, 5.74) is 2.56. The fourth-order valence-electron chi connectivity index (χ4n) is 2.09. The first-order valence-electron chi connectivity index (χ1n) is 6.57. The van der Waals surface area contributed by atoms with Gasteiger partial charge in [0.1, 0.15) is 5.82 Å². The van der Waals surface area contributed by atoms with Crippen LogP contribution >= 0.6 is 23.2 Å². The third kappa shape index (κ3) is 4.17. The van der Waals surface area contributed by atoms with E-state index in [2.05, 4.69) is 5.32 Å². The number of hydrogen-bond donors (Lipinski definition) is 2. The van der Waals surface area contributed by atoms with Gasteiger partial charge in [-0.3, -0.25) is 0 Å². The van der Waals surface area contributed by atoms with Crippen molar-refractivity contribution < 1.29 is 9.50 Å². The van der Waals surface area contributed by atoms with Gasteiger partial charge in [0.15, 0.2) is 0 Å². The Hall–Kier alpha value is -1.13. The van der Waals surface area contributed by atoms with Crippen molar-refractivity contribution in [2.45, 2.75) is 26.1 Å². The van der Waals surface area contributed by atoms with Gasteiger partial charge in [0, 0.05) is 17.6 Å². The molecule has 0 aliphatic carbocycles. The van der Waals surface area contributed by atoms with Crippen LogP contribution in [0.15, 0.2) is 36.4 Å². The first-order valence-corrected chi connectivity index (χ1v) is 7.33. The maximum Gasteiger partial charge on any atom is 0.142 e. The molecule has 0 amide bonds. The molecule has 2 nitrogen and oxygen atoms in total. The second kappa shape index (κ2) is 7.23. The lowest BCUT2D eigenvalue weighted by atomic mass is 10.1. The molecule has 2 rings (SSSR count). The summed E-state index contributed by atoms with van der Waals surface area (Å²) in [6.07, 6.45) is 0. The van der Waals surface area contributed by atoms with E-state index in [-0.39, 0.29) is 17.7 Å². The van der Waals surface area contributed by atoms with Crippen LogP contribution in [0.3, 0.4) is 0 Å². The standard InChI is InChI=1S/C16H16Cl2FNO/c1-10(13-6-16(19)15(18)7-14(13)17)20-8-11-3-2-4-12(5-11)9-21/h2-7,10,20-21H,8-9H2,1H3. The molecule has 0 heterocycles.